The van der Waals surface area contributed by atoms with Crippen molar-refractivity contribution in [1.29, 1.82) is 0 Å². The van der Waals surface area contributed by atoms with Crippen molar-refractivity contribution in [3.8, 4) is 16.9 Å². The Hall–Kier alpha value is -2.04. The summed E-state index contributed by atoms with van der Waals surface area (Å²) < 4.78 is 8.87. The molecule has 0 saturated heterocycles. The molecule has 0 radical (unpaired) electrons. The average molecular weight is 280 g/mol. The lowest BCUT2D eigenvalue weighted by Crippen LogP contribution is -2.12. The lowest BCUT2D eigenvalue weighted by atomic mass is 9.98. The molecule has 0 saturated carbocycles. The molecule has 0 bridgehead atoms. The fraction of sp³-hybridized carbons (Fsp3) is 0.0625. The Balaban J connectivity index is 2.00. The van der Waals surface area contributed by atoms with Gasteiger partial charge in [0.15, 0.2) is 5.75 Å². The molecule has 3 aromatic rings. The van der Waals surface area contributed by atoms with Crippen LogP contribution in [0.2, 0.25) is 0 Å². The largest absolute Gasteiger partial charge is 0.409 e. The standard InChI is InChI=1S/C16H12N2OS/c1-2-6-13-11(4-1)8-17-10-15(13)14-7-3-5-12-9-18-20-19-16(12)14/h1-8,10,18H,9H2. The molecule has 4 rings (SSSR count). The van der Waals surface area contributed by atoms with Gasteiger partial charge in [0.1, 0.15) is 12.2 Å². The highest BCUT2D eigenvalue weighted by Gasteiger charge is 2.17. The van der Waals surface area contributed by atoms with E-state index in [0.29, 0.717) is 0 Å². The Morgan fingerprint density at radius 3 is 2.95 bits per heavy atom. The maximum absolute atomic E-state index is 5.74. The third kappa shape index (κ3) is 1.85. The van der Waals surface area contributed by atoms with Gasteiger partial charge in [-0.1, -0.05) is 42.5 Å². The van der Waals surface area contributed by atoms with Crippen molar-refractivity contribution in [3.05, 3.63) is 60.4 Å². The number of hydrogen-bond acceptors (Lipinski definition) is 4. The maximum atomic E-state index is 5.74. The SMILES string of the molecule is c1cc2c(c(-c3cncc4ccccc34)c1)OSNC2. The van der Waals surface area contributed by atoms with Gasteiger partial charge in [0.05, 0.1) is 0 Å². The second-order valence-corrected chi connectivity index (χ2v) is 5.31. The van der Waals surface area contributed by atoms with Crippen LogP contribution < -0.4 is 8.91 Å². The summed E-state index contributed by atoms with van der Waals surface area (Å²) in [5, 5.41) is 2.34. The first kappa shape index (κ1) is 11.8. The third-order valence-corrected chi connectivity index (χ3v) is 4.01. The van der Waals surface area contributed by atoms with Crippen molar-refractivity contribution in [2.24, 2.45) is 0 Å². The summed E-state index contributed by atoms with van der Waals surface area (Å²) in [5.41, 5.74) is 3.39. The van der Waals surface area contributed by atoms with Gasteiger partial charge in [-0.15, -0.1) is 0 Å². The molecule has 1 aromatic heterocycles. The summed E-state index contributed by atoms with van der Waals surface area (Å²) in [7, 11) is 0. The molecule has 4 heteroatoms. The molecular weight excluding hydrogens is 268 g/mol. The van der Waals surface area contributed by atoms with Gasteiger partial charge in [-0.2, -0.15) is 0 Å². The number of pyridine rings is 1. The minimum absolute atomic E-state index is 0.812. The van der Waals surface area contributed by atoms with Crippen LogP contribution >= 0.6 is 12.2 Å². The Bertz CT molecular complexity index is 783. The van der Waals surface area contributed by atoms with Crippen molar-refractivity contribution in [2.75, 3.05) is 0 Å². The predicted molar refractivity (Wildman–Crippen MR) is 82.2 cm³/mol. The molecule has 98 valence electrons. The van der Waals surface area contributed by atoms with E-state index in [9.17, 15) is 0 Å². The molecule has 3 nitrogen and oxygen atoms in total. The number of aromatic nitrogens is 1. The fourth-order valence-corrected chi connectivity index (χ4v) is 3.10. The molecule has 0 aliphatic carbocycles. The summed E-state index contributed by atoms with van der Waals surface area (Å²) >= 11 is 1.28. The molecule has 2 heterocycles. The smallest absolute Gasteiger partial charge is 0.151 e. The maximum Gasteiger partial charge on any atom is 0.151 e. The minimum atomic E-state index is 0.812. The molecule has 0 amide bonds. The second-order valence-electron chi connectivity index (χ2n) is 4.69. The van der Waals surface area contributed by atoms with Gasteiger partial charge in [-0.25, -0.2) is 4.72 Å². The quantitative estimate of drug-likeness (QED) is 0.540. The predicted octanol–water partition coefficient (Wildman–Crippen LogP) is 3.95. The van der Waals surface area contributed by atoms with Gasteiger partial charge in [0.25, 0.3) is 0 Å². The number of nitrogens with one attached hydrogen (secondary N) is 1. The van der Waals surface area contributed by atoms with E-state index in [0.717, 1.165) is 28.8 Å². The van der Waals surface area contributed by atoms with Crippen LogP contribution in [0.25, 0.3) is 21.9 Å². The Kier molecular flexibility index (Phi) is 2.83. The number of fused-ring (bicyclic) bond motifs is 2. The third-order valence-electron chi connectivity index (χ3n) is 3.50. The Morgan fingerprint density at radius 1 is 1.00 bits per heavy atom. The molecule has 0 unspecified atom stereocenters. The van der Waals surface area contributed by atoms with Gasteiger partial charge in [-0.3, -0.25) is 4.98 Å². The van der Waals surface area contributed by atoms with E-state index in [1.807, 2.05) is 18.5 Å². The van der Waals surface area contributed by atoms with Gasteiger partial charge in [0.2, 0.25) is 0 Å². The van der Waals surface area contributed by atoms with Gasteiger partial charge >= 0.3 is 0 Å². The monoisotopic (exact) mass is 280 g/mol. The topological polar surface area (TPSA) is 34.1 Å². The summed E-state index contributed by atoms with van der Waals surface area (Å²) in [5.74, 6) is 0.939. The first-order valence-corrected chi connectivity index (χ1v) is 7.19. The van der Waals surface area contributed by atoms with Crippen molar-refractivity contribution in [1.82, 2.24) is 9.71 Å². The van der Waals surface area contributed by atoms with E-state index in [1.54, 1.807) is 0 Å². The van der Waals surface area contributed by atoms with Crippen molar-refractivity contribution in [2.45, 2.75) is 6.54 Å². The van der Waals surface area contributed by atoms with E-state index in [-0.39, 0.29) is 0 Å². The molecule has 1 aliphatic heterocycles. The highest BCUT2D eigenvalue weighted by atomic mass is 32.2. The summed E-state index contributed by atoms with van der Waals surface area (Å²) in [6.07, 6.45) is 3.80. The van der Waals surface area contributed by atoms with Crippen molar-refractivity contribution in [3.63, 3.8) is 0 Å². The summed E-state index contributed by atoms with van der Waals surface area (Å²) in [4.78, 5) is 4.36. The molecule has 0 fully saturated rings. The van der Waals surface area contributed by atoms with Crippen molar-refractivity contribution < 1.29 is 4.18 Å². The van der Waals surface area contributed by atoms with Crippen LogP contribution in [0.5, 0.6) is 5.75 Å². The molecule has 0 atom stereocenters. The molecular formula is C16H12N2OS. The van der Waals surface area contributed by atoms with Crippen LogP contribution in [0.1, 0.15) is 5.56 Å². The van der Waals surface area contributed by atoms with Gasteiger partial charge in [0, 0.05) is 41.0 Å². The average Bonchev–Trinajstić information content (AvgIpc) is 2.54. The first-order valence-electron chi connectivity index (χ1n) is 6.45. The molecule has 2 aromatic carbocycles. The minimum Gasteiger partial charge on any atom is -0.409 e. The van der Waals surface area contributed by atoms with E-state index in [2.05, 4.69) is 46.1 Å². The molecule has 0 spiro atoms. The van der Waals surface area contributed by atoms with Crippen molar-refractivity contribution >= 4 is 23.0 Å². The summed E-state index contributed by atoms with van der Waals surface area (Å²) in [6.45, 7) is 0.812. The van der Waals surface area contributed by atoms with Crippen LogP contribution in [0.4, 0.5) is 0 Å². The van der Waals surface area contributed by atoms with E-state index < -0.39 is 0 Å². The van der Waals surface area contributed by atoms with Crippen LogP contribution in [0.3, 0.4) is 0 Å². The van der Waals surface area contributed by atoms with E-state index in [4.69, 9.17) is 4.18 Å². The second kappa shape index (κ2) is 4.81. The van der Waals surface area contributed by atoms with Crippen LogP contribution in [0, 0.1) is 0 Å². The number of para-hydroxylation sites is 1. The number of rotatable bonds is 1. The van der Waals surface area contributed by atoms with Crippen LogP contribution in [-0.4, -0.2) is 4.98 Å². The Labute approximate surface area is 121 Å². The van der Waals surface area contributed by atoms with E-state index in [1.165, 1.54) is 23.2 Å². The number of nitrogens with zero attached hydrogens (tertiary/aromatic N) is 1. The zero-order valence-corrected chi connectivity index (χ0v) is 11.5. The lowest BCUT2D eigenvalue weighted by Gasteiger charge is -2.19. The summed E-state index contributed by atoms with van der Waals surface area (Å²) in [6, 6.07) is 14.5. The van der Waals surface area contributed by atoms with Crippen LogP contribution in [-0.2, 0) is 6.54 Å². The zero-order valence-electron chi connectivity index (χ0n) is 10.7. The highest BCUT2D eigenvalue weighted by Crippen LogP contribution is 2.39. The molecule has 1 N–H and O–H groups in total. The normalized spacial score (nSPS) is 13.8. The fourth-order valence-electron chi connectivity index (χ4n) is 2.54. The van der Waals surface area contributed by atoms with Gasteiger partial charge < -0.3 is 4.18 Å². The highest BCUT2D eigenvalue weighted by molar-refractivity contribution is 7.93. The number of hydrogen-bond donors (Lipinski definition) is 1. The molecule has 1 aliphatic rings. The zero-order chi connectivity index (χ0) is 13.4. The van der Waals surface area contributed by atoms with E-state index >= 15 is 0 Å². The molecule has 20 heavy (non-hydrogen) atoms. The number of benzene rings is 2. The van der Waals surface area contributed by atoms with Gasteiger partial charge in [-0.05, 0) is 5.39 Å². The first-order chi connectivity index (χ1) is 9.93. The lowest BCUT2D eigenvalue weighted by molar-refractivity contribution is 0.602. The Morgan fingerprint density at radius 2 is 1.95 bits per heavy atom. The van der Waals surface area contributed by atoms with Crippen LogP contribution in [0.15, 0.2) is 54.9 Å².